The Morgan fingerprint density at radius 1 is 0.458 bits per heavy atom. The zero-order chi connectivity index (χ0) is 33.0. The Morgan fingerprint density at radius 3 is 1.08 bits per heavy atom. The molecule has 8 nitrogen and oxygen atoms in total. The quantitative estimate of drug-likeness (QED) is 0.0681. The average Bonchev–Trinajstić information content (AvgIpc) is 4.04. The second kappa shape index (κ2) is 20.1. The Kier molecular flexibility index (Phi) is 15.6. The van der Waals surface area contributed by atoms with Gasteiger partial charge in [-0.05, 0) is 166 Å². The standard InChI is InChI=1S/C40H70O8/c1-29(47-37-17-9-33(10-18-37)23-31-5-13-35(14-6-31)43-25-39-27-45-39)41-21-3-4-22-42-30(2)48-38-19-11-34(12-20-38)24-32-7-15-36(16-8-32)44-26-40-28-46-40/h29-40H,3-28H2,1-2H3. The molecule has 4 atom stereocenters. The minimum atomic E-state index is -0.127. The van der Waals surface area contributed by atoms with Crippen molar-refractivity contribution >= 4 is 0 Å². The second-order valence-corrected chi connectivity index (χ2v) is 16.5. The zero-order valence-electron chi connectivity index (χ0n) is 30.6. The van der Waals surface area contributed by atoms with Crippen molar-refractivity contribution in [3.63, 3.8) is 0 Å². The average molecular weight is 679 g/mol. The van der Waals surface area contributed by atoms with Crippen molar-refractivity contribution in [2.75, 3.05) is 39.6 Å². The molecule has 2 saturated heterocycles. The maximum Gasteiger partial charge on any atom is 0.155 e. The van der Waals surface area contributed by atoms with Crippen LogP contribution < -0.4 is 0 Å². The monoisotopic (exact) mass is 679 g/mol. The van der Waals surface area contributed by atoms with Crippen LogP contribution in [-0.2, 0) is 37.9 Å². The Balaban J connectivity index is 0.711. The third kappa shape index (κ3) is 14.0. The first kappa shape index (κ1) is 37.4. The normalized spacial score (nSPS) is 38.4. The molecule has 8 heteroatoms. The first-order chi connectivity index (χ1) is 23.5. The molecule has 4 saturated carbocycles. The molecule has 278 valence electrons. The predicted molar refractivity (Wildman–Crippen MR) is 186 cm³/mol. The highest BCUT2D eigenvalue weighted by Gasteiger charge is 2.31. The van der Waals surface area contributed by atoms with Crippen molar-refractivity contribution in [3.05, 3.63) is 0 Å². The van der Waals surface area contributed by atoms with Crippen LogP contribution in [0.4, 0.5) is 0 Å². The van der Waals surface area contributed by atoms with Crippen molar-refractivity contribution < 1.29 is 37.9 Å². The van der Waals surface area contributed by atoms with E-state index < -0.39 is 0 Å². The van der Waals surface area contributed by atoms with E-state index in [9.17, 15) is 0 Å². The maximum absolute atomic E-state index is 6.29. The summed E-state index contributed by atoms with van der Waals surface area (Å²) in [5.74, 6) is 3.53. The zero-order valence-corrected chi connectivity index (χ0v) is 30.6. The molecule has 0 aromatic heterocycles. The summed E-state index contributed by atoms with van der Waals surface area (Å²) in [6, 6.07) is 0. The molecular weight excluding hydrogens is 608 g/mol. The third-order valence-electron chi connectivity index (χ3n) is 12.4. The van der Waals surface area contributed by atoms with Gasteiger partial charge in [0.1, 0.15) is 12.2 Å². The van der Waals surface area contributed by atoms with Crippen LogP contribution >= 0.6 is 0 Å². The lowest BCUT2D eigenvalue weighted by Gasteiger charge is -2.34. The molecule has 6 aliphatic rings. The van der Waals surface area contributed by atoms with Crippen LogP contribution in [-0.4, -0.2) is 88.8 Å². The smallest absolute Gasteiger partial charge is 0.155 e. The fourth-order valence-electron chi connectivity index (χ4n) is 9.16. The van der Waals surface area contributed by atoms with E-state index in [2.05, 4.69) is 13.8 Å². The van der Waals surface area contributed by atoms with E-state index in [1.165, 1.54) is 116 Å². The van der Waals surface area contributed by atoms with Crippen molar-refractivity contribution in [2.24, 2.45) is 23.7 Å². The number of epoxide rings is 2. The van der Waals surface area contributed by atoms with E-state index in [0.29, 0.717) is 36.6 Å². The summed E-state index contributed by atoms with van der Waals surface area (Å²) in [5.41, 5.74) is 0. The Bertz CT molecular complexity index is 779. The molecule has 0 radical (unpaired) electrons. The van der Waals surface area contributed by atoms with Crippen LogP contribution in [0.25, 0.3) is 0 Å². The summed E-state index contributed by atoms with van der Waals surface area (Å²) in [6.45, 7) is 8.99. The van der Waals surface area contributed by atoms with E-state index in [1.54, 1.807) is 0 Å². The van der Waals surface area contributed by atoms with E-state index >= 15 is 0 Å². The Hall–Kier alpha value is -0.320. The summed E-state index contributed by atoms with van der Waals surface area (Å²) in [4.78, 5) is 0. The highest BCUT2D eigenvalue weighted by molar-refractivity contribution is 4.82. The van der Waals surface area contributed by atoms with Gasteiger partial charge in [-0.3, -0.25) is 0 Å². The lowest BCUT2D eigenvalue weighted by molar-refractivity contribution is -0.175. The molecule has 0 N–H and O–H groups in total. The summed E-state index contributed by atoms with van der Waals surface area (Å²) < 4.78 is 47.3. The number of hydrogen-bond donors (Lipinski definition) is 0. The van der Waals surface area contributed by atoms with Crippen LogP contribution in [0.3, 0.4) is 0 Å². The minimum Gasteiger partial charge on any atom is -0.375 e. The second-order valence-electron chi connectivity index (χ2n) is 16.5. The van der Waals surface area contributed by atoms with Gasteiger partial charge >= 0.3 is 0 Å². The maximum atomic E-state index is 6.29. The van der Waals surface area contributed by atoms with Crippen LogP contribution in [0.5, 0.6) is 0 Å². The van der Waals surface area contributed by atoms with Gasteiger partial charge in [0, 0.05) is 13.2 Å². The summed E-state index contributed by atoms with van der Waals surface area (Å²) in [5, 5.41) is 0. The van der Waals surface area contributed by atoms with Gasteiger partial charge in [-0.2, -0.15) is 0 Å². The van der Waals surface area contributed by atoms with Crippen LogP contribution in [0.15, 0.2) is 0 Å². The van der Waals surface area contributed by atoms with Gasteiger partial charge in [-0.15, -0.1) is 0 Å². The molecular formula is C40H70O8. The number of ether oxygens (including phenoxy) is 8. The lowest BCUT2D eigenvalue weighted by atomic mass is 9.76. The molecule has 48 heavy (non-hydrogen) atoms. The van der Waals surface area contributed by atoms with Gasteiger partial charge < -0.3 is 37.9 Å². The summed E-state index contributed by atoms with van der Waals surface area (Å²) in [6.07, 6.45) is 27.2. The fourth-order valence-corrected chi connectivity index (χ4v) is 9.16. The molecule has 2 aliphatic heterocycles. The Labute approximate surface area is 292 Å². The van der Waals surface area contributed by atoms with Gasteiger partial charge in [0.05, 0.1) is 50.8 Å². The number of rotatable bonds is 21. The predicted octanol–water partition coefficient (Wildman–Crippen LogP) is 8.37. The minimum absolute atomic E-state index is 0.127. The molecule has 4 aliphatic carbocycles. The van der Waals surface area contributed by atoms with E-state index in [-0.39, 0.29) is 12.6 Å². The first-order valence-electron chi connectivity index (χ1n) is 20.5. The van der Waals surface area contributed by atoms with E-state index in [4.69, 9.17) is 37.9 Å². The number of hydrogen-bond acceptors (Lipinski definition) is 8. The lowest BCUT2D eigenvalue weighted by Crippen LogP contribution is -2.29. The summed E-state index contributed by atoms with van der Waals surface area (Å²) >= 11 is 0. The van der Waals surface area contributed by atoms with Crippen LogP contribution in [0, 0.1) is 23.7 Å². The highest BCUT2D eigenvalue weighted by atomic mass is 16.7. The van der Waals surface area contributed by atoms with Gasteiger partial charge in [0.25, 0.3) is 0 Å². The van der Waals surface area contributed by atoms with Crippen molar-refractivity contribution in [3.8, 4) is 0 Å². The van der Waals surface area contributed by atoms with Gasteiger partial charge in [-0.1, -0.05) is 0 Å². The van der Waals surface area contributed by atoms with Gasteiger partial charge in [0.15, 0.2) is 12.6 Å². The number of unbranched alkanes of at least 4 members (excludes halogenated alkanes) is 1. The van der Waals surface area contributed by atoms with Gasteiger partial charge in [-0.25, -0.2) is 0 Å². The third-order valence-corrected chi connectivity index (χ3v) is 12.4. The summed E-state index contributed by atoms with van der Waals surface area (Å²) in [7, 11) is 0. The SMILES string of the molecule is CC(OCCCCOC(C)OC1CCC(CC2CCC(OCC3CO3)CC2)CC1)OC1CCC(CC2CCC(OCC3CO3)CC2)CC1. The van der Waals surface area contributed by atoms with Crippen molar-refractivity contribution in [1.29, 1.82) is 0 Å². The first-order valence-corrected chi connectivity index (χ1v) is 20.5. The molecule has 0 amide bonds. The molecule has 2 heterocycles. The molecule has 0 spiro atoms. The molecule has 6 rings (SSSR count). The topological polar surface area (TPSA) is 80.4 Å². The molecule has 0 bridgehead atoms. The largest absolute Gasteiger partial charge is 0.375 e. The van der Waals surface area contributed by atoms with Crippen molar-refractivity contribution in [2.45, 2.75) is 191 Å². The van der Waals surface area contributed by atoms with Gasteiger partial charge in [0.2, 0.25) is 0 Å². The highest BCUT2D eigenvalue weighted by Crippen LogP contribution is 2.38. The van der Waals surface area contributed by atoms with Crippen LogP contribution in [0.1, 0.15) is 142 Å². The van der Waals surface area contributed by atoms with Crippen LogP contribution in [0.2, 0.25) is 0 Å². The van der Waals surface area contributed by atoms with Crippen molar-refractivity contribution in [1.82, 2.24) is 0 Å². The fraction of sp³-hybridized carbons (Fsp3) is 1.00. The Morgan fingerprint density at radius 2 is 0.771 bits per heavy atom. The molecule has 6 fully saturated rings. The molecule has 4 unspecified atom stereocenters. The van der Waals surface area contributed by atoms with E-state index in [0.717, 1.165) is 76.2 Å². The molecule has 0 aromatic carbocycles. The van der Waals surface area contributed by atoms with E-state index in [1.807, 2.05) is 0 Å². The molecule has 0 aromatic rings.